The second kappa shape index (κ2) is 7.66. The molecule has 1 aromatic rings. The molecule has 0 aromatic heterocycles. The molecule has 0 unspecified atom stereocenters. The highest BCUT2D eigenvalue weighted by atomic mass is 32.1. The molecule has 2 N–H and O–H groups in total. The molecule has 1 aromatic carbocycles. The van der Waals surface area contributed by atoms with Gasteiger partial charge in [-0.1, -0.05) is 6.07 Å². The van der Waals surface area contributed by atoms with Gasteiger partial charge in [0.15, 0.2) is 0 Å². The first-order valence-electron chi connectivity index (χ1n) is 6.80. The second-order valence-corrected chi connectivity index (χ2v) is 5.42. The highest BCUT2D eigenvalue weighted by molar-refractivity contribution is 7.58. The van der Waals surface area contributed by atoms with Crippen molar-refractivity contribution in [3.8, 4) is 0 Å². The minimum Gasteiger partial charge on any atom is -0.396 e. The van der Waals surface area contributed by atoms with Crippen molar-refractivity contribution in [3.63, 3.8) is 0 Å². The van der Waals surface area contributed by atoms with Crippen LogP contribution in [0.3, 0.4) is 0 Å². The Bertz CT molecular complexity index is 645. The van der Waals surface area contributed by atoms with Gasteiger partial charge in [-0.05, 0) is 18.6 Å². The van der Waals surface area contributed by atoms with Crippen LogP contribution in [0.2, 0.25) is 0 Å². The average Bonchev–Trinajstić information content (AvgIpc) is 2.92. The number of amides is 1. The molecule has 0 bridgehead atoms. The molecular formula is C13H15F3N4O2S. The van der Waals surface area contributed by atoms with E-state index in [2.05, 4.69) is 14.0 Å². The van der Waals surface area contributed by atoms with E-state index in [-0.39, 0.29) is 19.6 Å². The number of hydrogen-bond donors (Lipinski definition) is 2. The van der Waals surface area contributed by atoms with Gasteiger partial charge in [-0.2, -0.15) is 21.9 Å². The fourth-order valence-corrected chi connectivity index (χ4v) is 2.61. The number of halogens is 3. The van der Waals surface area contributed by atoms with Crippen LogP contribution in [0.5, 0.6) is 0 Å². The van der Waals surface area contributed by atoms with Gasteiger partial charge in [-0.25, -0.2) is 0 Å². The third-order valence-electron chi connectivity index (χ3n) is 2.96. The number of anilines is 1. The Hall–Kier alpha value is -1.78. The van der Waals surface area contributed by atoms with Crippen molar-refractivity contribution in [2.75, 3.05) is 31.6 Å². The lowest BCUT2D eigenvalue weighted by atomic mass is 10.2. The average molecular weight is 348 g/mol. The summed E-state index contributed by atoms with van der Waals surface area (Å²) in [5, 5.41) is 11.3. The van der Waals surface area contributed by atoms with Crippen LogP contribution in [0.15, 0.2) is 26.9 Å². The van der Waals surface area contributed by atoms with Gasteiger partial charge in [0, 0.05) is 13.2 Å². The van der Waals surface area contributed by atoms with Gasteiger partial charge in [0.1, 0.15) is 11.4 Å². The molecule has 0 aliphatic carbocycles. The van der Waals surface area contributed by atoms with Crippen molar-refractivity contribution in [1.82, 2.24) is 4.90 Å². The highest BCUT2D eigenvalue weighted by Crippen LogP contribution is 2.38. The molecule has 1 heterocycles. The summed E-state index contributed by atoms with van der Waals surface area (Å²) in [5.41, 5.74) is 1.53. The van der Waals surface area contributed by atoms with Crippen LogP contribution in [0.1, 0.15) is 6.42 Å². The first-order valence-corrected chi connectivity index (χ1v) is 7.53. The number of carbonyl (C=O) groups excluding carboxylic acids is 1. The number of aliphatic hydroxyl groups excluding tert-OH is 1. The third kappa shape index (κ3) is 5.41. The SMILES string of the molecule is O=C(CN(CCCO)CC(F)(F)F)Nc1cccc2c1N=S=N2. The van der Waals surface area contributed by atoms with E-state index in [1.807, 2.05) is 0 Å². The van der Waals surface area contributed by atoms with Gasteiger partial charge < -0.3 is 10.4 Å². The van der Waals surface area contributed by atoms with Crippen LogP contribution in [-0.2, 0) is 16.1 Å². The van der Waals surface area contributed by atoms with E-state index >= 15 is 0 Å². The van der Waals surface area contributed by atoms with Gasteiger partial charge >= 0.3 is 6.18 Å². The molecule has 2 rings (SSSR count). The summed E-state index contributed by atoms with van der Waals surface area (Å²) < 4.78 is 45.7. The van der Waals surface area contributed by atoms with E-state index in [9.17, 15) is 18.0 Å². The Balaban J connectivity index is 1.99. The first-order chi connectivity index (χ1) is 10.9. The lowest BCUT2D eigenvalue weighted by Crippen LogP contribution is -2.40. The smallest absolute Gasteiger partial charge is 0.396 e. The fraction of sp³-hybridized carbons (Fsp3) is 0.462. The Morgan fingerprint density at radius 2 is 2.13 bits per heavy atom. The molecule has 1 aliphatic rings. The summed E-state index contributed by atoms with van der Waals surface area (Å²) in [4.78, 5) is 13.0. The van der Waals surface area contributed by atoms with Gasteiger partial charge in [0.05, 0.1) is 30.1 Å². The zero-order chi connectivity index (χ0) is 16.9. The second-order valence-electron chi connectivity index (χ2n) is 4.89. The van der Waals surface area contributed by atoms with E-state index in [1.54, 1.807) is 18.2 Å². The molecule has 6 nitrogen and oxygen atoms in total. The lowest BCUT2D eigenvalue weighted by Gasteiger charge is -2.22. The fourth-order valence-electron chi connectivity index (χ4n) is 2.06. The van der Waals surface area contributed by atoms with Crippen LogP contribution in [0.4, 0.5) is 30.2 Å². The summed E-state index contributed by atoms with van der Waals surface area (Å²) in [6, 6.07) is 5.02. The van der Waals surface area contributed by atoms with Crippen LogP contribution in [0, 0.1) is 0 Å². The van der Waals surface area contributed by atoms with Gasteiger partial charge in [-0.3, -0.25) is 9.69 Å². The number of nitrogens with one attached hydrogen (secondary N) is 1. The number of fused-ring (bicyclic) bond motifs is 1. The van der Waals surface area contributed by atoms with Crippen LogP contribution >= 0.6 is 0 Å². The molecule has 1 aliphatic heterocycles. The Morgan fingerprint density at radius 1 is 1.35 bits per heavy atom. The number of benzene rings is 1. The van der Waals surface area contributed by atoms with Crippen molar-refractivity contribution in [2.45, 2.75) is 12.6 Å². The molecule has 10 heteroatoms. The van der Waals surface area contributed by atoms with Crippen LogP contribution in [0.25, 0.3) is 0 Å². The van der Waals surface area contributed by atoms with Crippen molar-refractivity contribution in [1.29, 1.82) is 0 Å². The lowest BCUT2D eigenvalue weighted by molar-refractivity contribution is -0.148. The van der Waals surface area contributed by atoms with Crippen molar-refractivity contribution < 1.29 is 23.1 Å². The van der Waals surface area contributed by atoms with Crippen LogP contribution in [-0.4, -0.2) is 48.3 Å². The number of aliphatic hydroxyl groups is 1. The van der Waals surface area contributed by atoms with Gasteiger partial charge in [0.25, 0.3) is 0 Å². The van der Waals surface area contributed by atoms with Gasteiger partial charge in [-0.15, -0.1) is 0 Å². The molecule has 0 radical (unpaired) electrons. The van der Waals surface area contributed by atoms with E-state index < -0.39 is 25.2 Å². The third-order valence-corrected chi connectivity index (χ3v) is 3.51. The van der Waals surface area contributed by atoms with Crippen LogP contribution < -0.4 is 5.32 Å². The molecule has 23 heavy (non-hydrogen) atoms. The number of alkyl halides is 3. The highest BCUT2D eigenvalue weighted by Gasteiger charge is 2.31. The molecular weight excluding hydrogens is 333 g/mol. The number of carbonyl (C=O) groups is 1. The maximum Gasteiger partial charge on any atom is 0.401 e. The standard InChI is InChI=1S/C13H15F3N4O2S/c14-13(15,16)8-20(5-2-6-21)7-11(22)17-9-3-1-4-10-12(9)19-23-18-10/h1,3-4,21H,2,5-8H2,(H,17,22). The molecule has 0 saturated carbocycles. The zero-order valence-electron chi connectivity index (χ0n) is 12.0. The Kier molecular flexibility index (Phi) is 5.85. The molecule has 0 saturated heterocycles. The monoisotopic (exact) mass is 348 g/mol. The Labute approximate surface area is 134 Å². The predicted molar refractivity (Wildman–Crippen MR) is 80.8 cm³/mol. The summed E-state index contributed by atoms with van der Waals surface area (Å²) in [7, 11) is 0. The van der Waals surface area contributed by atoms with Crippen molar-refractivity contribution in [3.05, 3.63) is 18.2 Å². The summed E-state index contributed by atoms with van der Waals surface area (Å²) in [5.74, 6) is -0.576. The Morgan fingerprint density at radius 3 is 2.83 bits per heavy atom. The van der Waals surface area contributed by atoms with Gasteiger partial charge in [0.2, 0.25) is 5.91 Å². The minimum absolute atomic E-state index is 0.0219. The maximum absolute atomic E-state index is 12.5. The normalized spacial score (nSPS) is 13.1. The molecule has 126 valence electrons. The van der Waals surface area contributed by atoms with Crippen molar-refractivity contribution >= 4 is 34.3 Å². The molecule has 0 fully saturated rings. The van der Waals surface area contributed by atoms with E-state index in [1.165, 1.54) is 0 Å². The van der Waals surface area contributed by atoms with Crippen molar-refractivity contribution in [2.24, 2.45) is 8.73 Å². The number of nitrogens with zero attached hydrogens (tertiary/aromatic N) is 3. The summed E-state index contributed by atoms with van der Waals surface area (Å²) in [6.07, 6.45) is -4.25. The topological polar surface area (TPSA) is 77.3 Å². The van der Waals surface area contributed by atoms with E-state index in [4.69, 9.17) is 5.11 Å². The maximum atomic E-state index is 12.5. The number of rotatable bonds is 7. The van der Waals surface area contributed by atoms with E-state index in [0.29, 0.717) is 17.1 Å². The predicted octanol–water partition coefficient (Wildman–Crippen LogP) is 2.60. The zero-order valence-corrected chi connectivity index (χ0v) is 12.8. The summed E-state index contributed by atoms with van der Waals surface area (Å²) in [6.45, 7) is -1.89. The number of hydrogen-bond acceptors (Lipinski definition) is 5. The molecule has 0 spiro atoms. The largest absolute Gasteiger partial charge is 0.401 e. The minimum atomic E-state index is -4.41. The summed E-state index contributed by atoms with van der Waals surface area (Å²) >= 11 is 0.989. The molecule has 0 atom stereocenters. The molecule has 1 amide bonds. The first kappa shape index (κ1) is 17.6. The quantitative estimate of drug-likeness (QED) is 0.807. The van der Waals surface area contributed by atoms with E-state index in [0.717, 1.165) is 16.3 Å².